The van der Waals surface area contributed by atoms with Crippen LogP contribution in [0.25, 0.3) is 16.5 Å². The number of rotatable bonds is 2. The molecule has 27 heavy (non-hydrogen) atoms. The molecule has 0 amide bonds. The van der Waals surface area contributed by atoms with E-state index in [4.69, 9.17) is 37.3 Å². The molecule has 0 unspecified atom stereocenters. The predicted molar refractivity (Wildman–Crippen MR) is 108 cm³/mol. The molecule has 4 nitrogen and oxygen atoms in total. The normalized spacial score (nSPS) is 13.1. The minimum atomic E-state index is 0.445. The molecule has 134 valence electrons. The van der Waals surface area contributed by atoms with Crippen LogP contribution in [0, 0.1) is 0 Å². The van der Waals surface area contributed by atoms with E-state index in [1.54, 1.807) is 19.4 Å². The zero-order valence-electron chi connectivity index (χ0n) is 14.4. The number of benzene rings is 2. The van der Waals surface area contributed by atoms with E-state index >= 15 is 0 Å². The van der Waals surface area contributed by atoms with Gasteiger partial charge in [0.25, 0.3) is 0 Å². The quantitative estimate of drug-likeness (QED) is 0.423. The molecule has 0 saturated heterocycles. The minimum Gasteiger partial charge on any atom is -0.497 e. The molecule has 0 N–H and O–H groups in total. The summed E-state index contributed by atoms with van der Waals surface area (Å²) in [5.74, 6) is 1.51. The SMILES string of the molecule is COc1ccc2c(C3=NCc4c(Cl)cc(Cl)cc4-n4cccc43)occ2c1. The van der Waals surface area contributed by atoms with Crippen LogP contribution >= 0.6 is 23.2 Å². The maximum atomic E-state index is 6.45. The van der Waals surface area contributed by atoms with E-state index in [-0.39, 0.29) is 0 Å². The van der Waals surface area contributed by atoms with Crippen molar-refractivity contribution < 1.29 is 9.15 Å². The highest BCUT2D eigenvalue weighted by atomic mass is 35.5. The van der Waals surface area contributed by atoms with Gasteiger partial charge < -0.3 is 13.7 Å². The Morgan fingerprint density at radius 1 is 1.15 bits per heavy atom. The number of hydrogen-bond acceptors (Lipinski definition) is 3. The molecule has 3 heterocycles. The van der Waals surface area contributed by atoms with E-state index in [1.807, 2.05) is 42.6 Å². The van der Waals surface area contributed by atoms with Gasteiger partial charge in [0, 0.05) is 32.6 Å². The third-order valence-corrected chi connectivity index (χ3v) is 5.36. The number of fused-ring (bicyclic) bond motifs is 4. The third kappa shape index (κ3) is 2.56. The molecule has 1 aliphatic rings. The van der Waals surface area contributed by atoms with E-state index < -0.39 is 0 Å². The molecular formula is C21H14Cl2N2O2. The van der Waals surface area contributed by atoms with Crippen molar-refractivity contribution >= 4 is 39.7 Å². The summed E-state index contributed by atoms with van der Waals surface area (Å²) in [4.78, 5) is 4.85. The Morgan fingerprint density at radius 3 is 2.89 bits per heavy atom. The van der Waals surface area contributed by atoms with Crippen molar-refractivity contribution in [2.24, 2.45) is 4.99 Å². The average Bonchev–Trinajstić information content (AvgIpc) is 3.27. The first-order valence-electron chi connectivity index (χ1n) is 8.42. The van der Waals surface area contributed by atoms with E-state index in [0.717, 1.165) is 44.9 Å². The summed E-state index contributed by atoms with van der Waals surface area (Å²) in [6, 6.07) is 13.5. The highest BCUT2D eigenvalue weighted by molar-refractivity contribution is 6.35. The van der Waals surface area contributed by atoms with E-state index in [9.17, 15) is 0 Å². The lowest BCUT2D eigenvalue weighted by Gasteiger charge is -2.12. The zero-order valence-corrected chi connectivity index (χ0v) is 15.9. The van der Waals surface area contributed by atoms with Gasteiger partial charge >= 0.3 is 0 Å². The Labute approximate surface area is 165 Å². The monoisotopic (exact) mass is 396 g/mol. The van der Waals surface area contributed by atoms with Crippen LogP contribution in [0.2, 0.25) is 10.0 Å². The topological polar surface area (TPSA) is 39.7 Å². The van der Waals surface area contributed by atoms with Crippen LogP contribution in [0.15, 0.2) is 64.3 Å². The molecule has 0 fully saturated rings. The third-order valence-electron chi connectivity index (χ3n) is 4.81. The molecule has 0 bridgehead atoms. The fourth-order valence-electron chi connectivity index (χ4n) is 3.51. The van der Waals surface area contributed by atoms with Crippen LogP contribution in [-0.2, 0) is 6.54 Å². The van der Waals surface area contributed by atoms with Crippen molar-refractivity contribution in [2.75, 3.05) is 7.11 Å². The Balaban J connectivity index is 1.73. The zero-order chi connectivity index (χ0) is 18.5. The number of methoxy groups -OCH3 is 1. The Hall–Kier alpha value is -2.69. The van der Waals surface area contributed by atoms with E-state index in [2.05, 4.69) is 4.57 Å². The van der Waals surface area contributed by atoms with Crippen LogP contribution in [-0.4, -0.2) is 17.4 Å². The smallest absolute Gasteiger partial charge is 0.161 e. The number of halogens is 2. The van der Waals surface area contributed by atoms with Crippen LogP contribution in [0.5, 0.6) is 5.75 Å². The maximum absolute atomic E-state index is 6.45. The van der Waals surface area contributed by atoms with Gasteiger partial charge in [-0.3, -0.25) is 4.99 Å². The molecule has 0 radical (unpaired) electrons. The Kier molecular flexibility index (Phi) is 3.78. The molecule has 1 aliphatic heterocycles. The first kappa shape index (κ1) is 16.5. The van der Waals surface area contributed by atoms with Gasteiger partial charge in [0.1, 0.15) is 11.5 Å². The molecule has 6 heteroatoms. The number of aliphatic imine (C=N–C) groups is 1. The van der Waals surface area contributed by atoms with E-state index in [0.29, 0.717) is 16.6 Å². The van der Waals surface area contributed by atoms with Gasteiger partial charge in [-0.15, -0.1) is 0 Å². The van der Waals surface area contributed by atoms with Gasteiger partial charge in [-0.2, -0.15) is 0 Å². The lowest BCUT2D eigenvalue weighted by Crippen LogP contribution is -2.08. The summed E-state index contributed by atoms with van der Waals surface area (Å²) in [6.45, 7) is 0.445. The standard InChI is InChI=1S/C21H14Cl2N2O2/c1-26-14-4-5-15-12(7-14)11-27-21(15)20-18-3-2-6-25(18)19-9-13(22)8-17(23)16(19)10-24-20/h2-9,11H,10H2,1H3. The van der Waals surface area contributed by atoms with Gasteiger partial charge in [-0.25, -0.2) is 0 Å². The second-order valence-electron chi connectivity index (χ2n) is 6.33. The lowest BCUT2D eigenvalue weighted by molar-refractivity contribution is 0.415. The lowest BCUT2D eigenvalue weighted by atomic mass is 10.1. The fourth-order valence-corrected chi connectivity index (χ4v) is 4.06. The van der Waals surface area contributed by atoms with Crippen LogP contribution in [0.1, 0.15) is 17.0 Å². The molecule has 5 rings (SSSR count). The van der Waals surface area contributed by atoms with Crippen LogP contribution in [0.4, 0.5) is 0 Å². The van der Waals surface area contributed by atoms with E-state index in [1.165, 1.54) is 0 Å². The molecule has 0 atom stereocenters. The minimum absolute atomic E-state index is 0.445. The first-order valence-corrected chi connectivity index (χ1v) is 9.17. The van der Waals surface area contributed by atoms with Crippen molar-refractivity contribution in [1.29, 1.82) is 0 Å². The summed E-state index contributed by atoms with van der Waals surface area (Å²) >= 11 is 12.7. The Morgan fingerprint density at radius 2 is 2.04 bits per heavy atom. The summed E-state index contributed by atoms with van der Waals surface area (Å²) in [5, 5.41) is 3.15. The van der Waals surface area contributed by atoms with Gasteiger partial charge in [0.15, 0.2) is 5.76 Å². The summed E-state index contributed by atoms with van der Waals surface area (Å²) in [6.07, 6.45) is 3.71. The van der Waals surface area contributed by atoms with Crippen molar-refractivity contribution in [2.45, 2.75) is 6.54 Å². The van der Waals surface area contributed by atoms with Gasteiger partial charge in [0.2, 0.25) is 0 Å². The average molecular weight is 397 g/mol. The maximum Gasteiger partial charge on any atom is 0.161 e. The van der Waals surface area contributed by atoms with Crippen LogP contribution < -0.4 is 4.74 Å². The van der Waals surface area contributed by atoms with Gasteiger partial charge in [-0.05, 0) is 42.5 Å². The van der Waals surface area contributed by atoms with Crippen LogP contribution in [0.3, 0.4) is 0 Å². The second kappa shape index (κ2) is 6.19. The molecule has 4 aromatic rings. The van der Waals surface area contributed by atoms with Gasteiger partial charge in [0.05, 0.1) is 31.3 Å². The summed E-state index contributed by atoms with van der Waals surface area (Å²) in [7, 11) is 1.65. The molecule has 0 aliphatic carbocycles. The highest BCUT2D eigenvalue weighted by Gasteiger charge is 2.23. The number of nitrogens with zero attached hydrogens (tertiary/aromatic N) is 2. The number of hydrogen-bond donors (Lipinski definition) is 0. The largest absolute Gasteiger partial charge is 0.497 e. The molecule has 2 aromatic carbocycles. The fraction of sp³-hybridized carbons (Fsp3) is 0.0952. The summed E-state index contributed by atoms with van der Waals surface area (Å²) < 4.78 is 13.3. The van der Waals surface area contributed by atoms with Crippen molar-refractivity contribution in [3.8, 4) is 11.4 Å². The van der Waals surface area contributed by atoms with Crippen molar-refractivity contribution in [3.63, 3.8) is 0 Å². The number of furan rings is 1. The molecule has 2 aromatic heterocycles. The van der Waals surface area contributed by atoms with Crippen molar-refractivity contribution in [1.82, 2.24) is 4.57 Å². The predicted octanol–water partition coefficient (Wildman–Crippen LogP) is 5.89. The summed E-state index contributed by atoms with van der Waals surface area (Å²) in [5.41, 5.74) is 3.58. The van der Waals surface area contributed by atoms with Crippen molar-refractivity contribution in [3.05, 3.63) is 82.0 Å². The molecule has 0 saturated carbocycles. The number of ether oxygens (including phenoxy) is 1. The second-order valence-corrected chi connectivity index (χ2v) is 7.18. The van der Waals surface area contributed by atoms with Gasteiger partial charge in [-0.1, -0.05) is 23.2 Å². The highest BCUT2D eigenvalue weighted by Crippen LogP contribution is 2.34. The number of aromatic nitrogens is 1. The molecule has 0 spiro atoms. The first-order chi connectivity index (χ1) is 13.2. The molecular weight excluding hydrogens is 383 g/mol. The Bertz CT molecular complexity index is 1220.